The van der Waals surface area contributed by atoms with E-state index in [0.29, 0.717) is 0 Å². The summed E-state index contributed by atoms with van der Waals surface area (Å²) in [6.45, 7) is 0. The van der Waals surface area contributed by atoms with Crippen molar-refractivity contribution in [3.8, 4) is 50.2 Å². The molecule has 63 heavy (non-hydrogen) atoms. The molecule has 0 saturated carbocycles. The number of para-hydroxylation sites is 3. The summed E-state index contributed by atoms with van der Waals surface area (Å²) in [6.07, 6.45) is 0. The average molecular weight is 805 g/mol. The molecular weight excluding hydrogens is 765 g/mol. The monoisotopic (exact) mass is 804 g/mol. The fourth-order valence-electron chi connectivity index (χ4n) is 9.45. The fourth-order valence-corrected chi connectivity index (χ4v) is 9.45. The van der Waals surface area contributed by atoms with Gasteiger partial charge in [0.15, 0.2) is 0 Å². The lowest BCUT2D eigenvalue weighted by Gasteiger charge is -2.28. The maximum atomic E-state index is 6.38. The van der Waals surface area contributed by atoms with Gasteiger partial charge in [0.25, 0.3) is 0 Å². The molecule has 0 radical (unpaired) electrons. The first-order valence-electron chi connectivity index (χ1n) is 21.5. The Labute approximate surface area is 366 Å². The van der Waals surface area contributed by atoms with Crippen LogP contribution in [0.15, 0.2) is 247 Å². The first-order valence-corrected chi connectivity index (χ1v) is 21.5. The van der Waals surface area contributed by atoms with Crippen molar-refractivity contribution < 1.29 is 4.42 Å². The Morgan fingerprint density at radius 2 is 0.873 bits per heavy atom. The largest absolute Gasteiger partial charge is 0.456 e. The molecule has 10 aromatic carbocycles. The molecule has 0 aliphatic heterocycles. The summed E-state index contributed by atoms with van der Waals surface area (Å²) in [5, 5.41) is 4.68. The minimum absolute atomic E-state index is 0.883. The summed E-state index contributed by atoms with van der Waals surface area (Å²) in [5.74, 6) is 0. The molecule has 0 amide bonds. The second-order valence-corrected chi connectivity index (χ2v) is 16.1. The van der Waals surface area contributed by atoms with Crippen LogP contribution in [0.4, 0.5) is 17.1 Å². The van der Waals surface area contributed by atoms with Gasteiger partial charge >= 0.3 is 0 Å². The molecule has 0 fully saturated rings. The van der Waals surface area contributed by atoms with Crippen LogP contribution in [0, 0.1) is 0 Å². The van der Waals surface area contributed by atoms with Crippen LogP contribution in [0.5, 0.6) is 0 Å². The summed E-state index contributed by atoms with van der Waals surface area (Å²) in [4.78, 5) is 2.40. The van der Waals surface area contributed by atoms with Gasteiger partial charge in [-0.15, -0.1) is 0 Å². The first kappa shape index (κ1) is 36.5. The van der Waals surface area contributed by atoms with E-state index in [1.807, 2.05) is 12.1 Å². The molecule has 2 heterocycles. The quantitative estimate of drug-likeness (QED) is 0.153. The molecule has 0 unspecified atom stereocenters. The highest BCUT2D eigenvalue weighted by Gasteiger charge is 2.21. The van der Waals surface area contributed by atoms with Crippen molar-refractivity contribution in [1.29, 1.82) is 0 Å². The predicted molar refractivity (Wildman–Crippen MR) is 264 cm³/mol. The van der Waals surface area contributed by atoms with Gasteiger partial charge in [-0.2, -0.15) is 0 Å². The fraction of sp³-hybridized carbons (Fsp3) is 0. The number of fused-ring (bicyclic) bond motifs is 6. The van der Waals surface area contributed by atoms with Gasteiger partial charge in [-0.1, -0.05) is 176 Å². The van der Waals surface area contributed by atoms with Crippen LogP contribution in [-0.2, 0) is 0 Å². The number of rotatable bonds is 8. The molecule has 0 aliphatic carbocycles. The van der Waals surface area contributed by atoms with E-state index in [1.54, 1.807) is 0 Å². The van der Waals surface area contributed by atoms with Gasteiger partial charge in [0.05, 0.1) is 16.7 Å². The minimum atomic E-state index is 0.883. The molecule has 0 spiro atoms. The standard InChI is InChI=1S/C60H40N2O/c1-3-15-41(16-4-1)42-29-31-43(32-30-42)44-33-35-47(36-34-44)61(55-25-10-7-21-50(55)45-17-5-2-6-18-45)48-20-13-19-46(39-48)51-24-14-27-57-60(51)54-23-8-11-26-56(54)62(57)49-37-38-53-52-22-9-12-28-58(52)63-59(53)40-49/h1-40H. The van der Waals surface area contributed by atoms with Crippen LogP contribution in [0.25, 0.3) is 93.9 Å². The third-order valence-electron chi connectivity index (χ3n) is 12.4. The van der Waals surface area contributed by atoms with E-state index in [-0.39, 0.29) is 0 Å². The highest BCUT2D eigenvalue weighted by atomic mass is 16.3. The van der Waals surface area contributed by atoms with Crippen LogP contribution in [0.3, 0.4) is 0 Å². The van der Waals surface area contributed by atoms with Crippen LogP contribution in [0.2, 0.25) is 0 Å². The summed E-state index contributed by atoms with van der Waals surface area (Å²) in [7, 11) is 0. The van der Waals surface area contributed by atoms with Gasteiger partial charge < -0.3 is 13.9 Å². The predicted octanol–water partition coefficient (Wildman–Crippen LogP) is 16.8. The number of hydrogen-bond donors (Lipinski definition) is 0. The van der Waals surface area contributed by atoms with Gasteiger partial charge in [-0.25, -0.2) is 0 Å². The lowest BCUT2D eigenvalue weighted by molar-refractivity contribution is 0.668. The van der Waals surface area contributed by atoms with Crippen LogP contribution >= 0.6 is 0 Å². The molecule has 12 rings (SSSR count). The Bertz CT molecular complexity index is 3600. The highest BCUT2D eigenvalue weighted by molar-refractivity contribution is 6.16. The van der Waals surface area contributed by atoms with E-state index in [4.69, 9.17) is 4.42 Å². The number of anilines is 3. The first-order chi connectivity index (χ1) is 31.2. The topological polar surface area (TPSA) is 21.3 Å². The van der Waals surface area contributed by atoms with E-state index in [9.17, 15) is 0 Å². The van der Waals surface area contributed by atoms with Crippen LogP contribution in [0.1, 0.15) is 0 Å². The van der Waals surface area contributed by atoms with Crippen molar-refractivity contribution in [1.82, 2.24) is 4.57 Å². The molecule has 0 saturated heterocycles. The smallest absolute Gasteiger partial charge is 0.137 e. The second kappa shape index (κ2) is 15.3. The summed E-state index contributed by atoms with van der Waals surface area (Å²) >= 11 is 0. The third kappa shape index (κ3) is 6.38. The number of hydrogen-bond acceptors (Lipinski definition) is 2. The van der Waals surface area contributed by atoms with Crippen molar-refractivity contribution in [3.05, 3.63) is 243 Å². The Morgan fingerprint density at radius 1 is 0.317 bits per heavy atom. The highest BCUT2D eigenvalue weighted by Crippen LogP contribution is 2.45. The van der Waals surface area contributed by atoms with Gasteiger partial charge in [-0.3, -0.25) is 0 Å². The number of nitrogens with zero attached hydrogens (tertiary/aromatic N) is 2. The lowest BCUT2D eigenvalue weighted by atomic mass is 9.97. The second-order valence-electron chi connectivity index (χ2n) is 16.1. The normalized spacial score (nSPS) is 11.5. The van der Waals surface area contributed by atoms with Gasteiger partial charge in [-0.05, 0) is 99.6 Å². The molecule has 3 heteroatoms. The maximum Gasteiger partial charge on any atom is 0.137 e. The molecule has 0 N–H and O–H groups in total. The zero-order valence-electron chi connectivity index (χ0n) is 34.4. The zero-order chi connectivity index (χ0) is 41.7. The van der Waals surface area contributed by atoms with Crippen LogP contribution in [-0.4, -0.2) is 4.57 Å². The zero-order valence-corrected chi connectivity index (χ0v) is 34.4. The lowest BCUT2D eigenvalue weighted by Crippen LogP contribution is -2.11. The Kier molecular flexibility index (Phi) is 8.83. The van der Waals surface area contributed by atoms with Crippen molar-refractivity contribution in [2.75, 3.05) is 4.90 Å². The van der Waals surface area contributed by atoms with Crippen molar-refractivity contribution in [2.45, 2.75) is 0 Å². The molecule has 12 aromatic rings. The summed E-state index contributed by atoms with van der Waals surface area (Å²) in [6, 6.07) is 87.1. The Morgan fingerprint density at radius 3 is 1.65 bits per heavy atom. The van der Waals surface area contributed by atoms with E-state index >= 15 is 0 Å². The van der Waals surface area contributed by atoms with Gasteiger partial charge in [0, 0.05) is 50.2 Å². The van der Waals surface area contributed by atoms with E-state index in [2.05, 4.69) is 240 Å². The van der Waals surface area contributed by atoms with Gasteiger partial charge in [0.1, 0.15) is 11.2 Å². The van der Waals surface area contributed by atoms with E-state index in [1.165, 1.54) is 44.2 Å². The van der Waals surface area contributed by atoms with Crippen molar-refractivity contribution in [2.24, 2.45) is 0 Å². The number of furan rings is 1. The summed E-state index contributed by atoms with van der Waals surface area (Å²) < 4.78 is 8.76. The Hall–Kier alpha value is -8.40. The molecular formula is C60H40N2O. The summed E-state index contributed by atoms with van der Waals surface area (Å²) in [5.41, 5.74) is 17.9. The maximum absolute atomic E-state index is 6.38. The minimum Gasteiger partial charge on any atom is -0.456 e. The Balaban J connectivity index is 0.990. The molecule has 0 bridgehead atoms. The average Bonchev–Trinajstić information content (AvgIpc) is 3.91. The molecule has 3 nitrogen and oxygen atoms in total. The van der Waals surface area contributed by atoms with E-state index in [0.717, 1.165) is 66.8 Å². The molecule has 296 valence electrons. The number of aromatic nitrogens is 1. The van der Waals surface area contributed by atoms with Crippen molar-refractivity contribution in [3.63, 3.8) is 0 Å². The molecule has 0 aliphatic rings. The molecule has 2 aromatic heterocycles. The van der Waals surface area contributed by atoms with Crippen LogP contribution < -0.4 is 4.90 Å². The van der Waals surface area contributed by atoms with E-state index < -0.39 is 0 Å². The SMILES string of the molecule is c1ccc(-c2ccc(-c3ccc(N(c4cccc(-c5cccc6c5c5ccccc5n6-c5ccc6c(c5)oc5ccccc56)c4)c4ccccc4-c4ccccc4)cc3)cc2)cc1. The third-order valence-corrected chi connectivity index (χ3v) is 12.4. The number of benzene rings is 10. The van der Waals surface area contributed by atoms with Gasteiger partial charge in [0.2, 0.25) is 0 Å². The molecule has 0 atom stereocenters. The van der Waals surface area contributed by atoms with Crippen molar-refractivity contribution >= 4 is 60.8 Å².